The second-order valence-electron chi connectivity index (χ2n) is 9.28. The fourth-order valence-corrected chi connectivity index (χ4v) is 6.10. The monoisotopic (exact) mass is 647 g/mol. The number of anilines is 1. The number of nitrogens with zero attached hydrogens (tertiary/aromatic N) is 1. The van der Waals surface area contributed by atoms with E-state index in [9.17, 15) is 38.9 Å². The Kier molecular flexibility index (Phi) is 14.6. The summed E-state index contributed by atoms with van der Waals surface area (Å²) in [7, 11) is -13.0. The van der Waals surface area contributed by atoms with Crippen LogP contribution in [0.5, 0.6) is 0 Å². The molecule has 0 radical (unpaired) electrons. The first-order chi connectivity index (χ1) is 18.1. The zero-order chi connectivity index (χ0) is 28.9. The van der Waals surface area contributed by atoms with Gasteiger partial charge in [-0.05, 0) is 50.1 Å². The molecule has 0 bridgehead atoms. The maximum absolute atomic E-state index is 11.9. The van der Waals surface area contributed by atoms with E-state index in [-0.39, 0.29) is 89.8 Å². The van der Waals surface area contributed by atoms with Gasteiger partial charge in [0.1, 0.15) is 6.54 Å². The Morgan fingerprint density at radius 2 is 1.46 bits per heavy atom. The van der Waals surface area contributed by atoms with Gasteiger partial charge in [0.15, 0.2) is 5.71 Å². The molecule has 16 heteroatoms. The molecule has 216 valence electrons. The van der Waals surface area contributed by atoms with E-state index in [2.05, 4.69) is 5.32 Å². The number of benzene rings is 2. The Morgan fingerprint density at radius 1 is 0.854 bits per heavy atom. The van der Waals surface area contributed by atoms with E-state index in [1.807, 2.05) is 30.3 Å². The molecule has 1 atom stereocenters. The molecule has 0 amide bonds. The normalized spacial score (nSPS) is 17.4. The van der Waals surface area contributed by atoms with Crippen molar-refractivity contribution in [3.05, 3.63) is 78.5 Å². The zero-order valence-electron chi connectivity index (χ0n) is 21.1. The molecule has 0 aromatic heterocycles. The van der Waals surface area contributed by atoms with Crippen LogP contribution >= 0.6 is 0 Å². The standard InChI is InChI=1S/C25H30N2O9S3.2Na.2H/c1-25(14-7-17-37(28,29)30)22-19-21(39(34,35)36)12-13-23(22)27(16-8-18-38(31,32)33)24(25)11-5-6-15-26-20-9-3-2-4-10-20;;;;/h2-6,9-13,15,19H,7-8,14,16-18H2,1H3,(H3,28,29,30,31,32,33,34,35,36);;;;/p+1. The van der Waals surface area contributed by atoms with Crippen molar-refractivity contribution in [3.63, 3.8) is 0 Å². The molecule has 3 rings (SSSR count). The third-order valence-electron chi connectivity index (χ3n) is 6.36. The molecule has 0 spiro atoms. The Labute approximate surface area is 285 Å². The van der Waals surface area contributed by atoms with E-state index in [1.54, 1.807) is 35.9 Å². The van der Waals surface area contributed by atoms with E-state index in [0.29, 0.717) is 17.0 Å². The van der Waals surface area contributed by atoms with Gasteiger partial charge in [-0.2, -0.15) is 29.8 Å². The Balaban J connectivity index is 0.00000420. The molecule has 0 aliphatic carbocycles. The molecule has 1 heterocycles. The number of hydrogen-bond acceptors (Lipinski definition) is 7. The van der Waals surface area contributed by atoms with Gasteiger partial charge in [-0.25, -0.2) is 0 Å². The number of fused-ring (bicyclic) bond motifs is 1. The predicted octanol–water partition coefficient (Wildman–Crippen LogP) is 2.12. The summed E-state index contributed by atoms with van der Waals surface area (Å²) in [4.78, 5) is -0.350. The van der Waals surface area contributed by atoms with Gasteiger partial charge in [0, 0.05) is 36.0 Å². The van der Waals surface area contributed by atoms with Crippen LogP contribution in [0.2, 0.25) is 0 Å². The second kappa shape index (κ2) is 15.7. The molecule has 11 nitrogen and oxygen atoms in total. The molecular weight excluding hydrogens is 614 g/mol. The van der Waals surface area contributed by atoms with Crippen molar-refractivity contribution in [2.75, 3.05) is 23.4 Å². The van der Waals surface area contributed by atoms with Crippen molar-refractivity contribution in [3.8, 4) is 0 Å². The fourth-order valence-electron chi connectivity index (χ4n) is 4.59. The number of nitrogens with one attached hydrogen (secondary N) is 1. The van der Waals surface area contributed by atoms with Crippen molar-refractivity contribution >= 4 is 107 Å². The number of rotatable bonds is 13. The summed E-state index contributed by atoms with van der Waals surface area (Å²) in [5.74, 6) is -1.02. The van der Waals surface area contributed by atoms with Crippen LogP contribution in [0.3, 0.4) is 0 Å². The zero-order valence-corrected chi connectivity index (χ0v) is 23.6. The molecular formula is C25H33N2Na2O9S3+. The quantitative estimate of drug-likeness (QED) is 0.109. The van der Waals surface area contributed by atoms with Gasteiger partial charge in [0.05, 0.1) is 21.8 Å². The van der Waals surface area contributed by atoms with Crippen LogP contribution < -0.4 is 5.32 Å². The molecule has 1 aliphatic rings. The van der Waals surface area contributed by atoms with Crippen LogP contribution in [0.1, 0.15) is 31.7 Å². The van der Waals surface area contributed by atoms with Crippen molar-refractivity contribution in [2.24, 2.45) is 0 Å². The van der Waals surface area contributed by atoms with Crippen molar-refractivity contribution in [2.45, 2.75) is 36.5 Å². The first-order valence-electron chi connectivity index (χ1n) is 11.9. The summed E-state index contributed by atoms with van der Waals surface area (Å²) in [6.45, 7) is 1.91. The van der Waals surface area contributed by atoms with E-state index >= 15 is 0 Å². The van der Waals surface area contributed by atoms with Gasteiger partial charge in [-0.15, -0.1) is 0 Å². The Bertz CT molecular complexity index is 1630. The molecule has 4 N–H and O–H groups in total. The van der Waals surface area contributed by atoms with Crippen LogP contribution in [0.4, 0.5) is 11.4 Å². The van der Waals surface area contributed by atoms with Gasteiger partial charge in [0.2, 0.25) is 5.69 Å². The van der Waals surface area contributed by atoms with Gasteiger partial charge in [0.25, 0.3) is 30.4 Å². The van der Waals surface area contributed by atoms with Gasteiger partial charge in [-0.1, -0.05) is 24.3 Å². The van der Waals surface area contributed by atoms with Crippen LogP contribution in [-0.2, 0) is 35.8 Å². The summed E-state index contributed by atoms with van der Waals surface area (Å²) in [5, 5.41) is 3.11. The van der Waals surface area contributed by atoms with E-state index in [0.717, 1.165) is 5.69 Å². The van der Waals surface area contributed by atoms with Crippen molar-refractivity contribution in [1.29, 1.82) is 0 Å². The summed E-state index contributed by atoms with van der Waals surface area (Å²) < 4.78 is 99.1. The minimum atomic E-state index is -4.55. The van der Waals surface area contributed by atoms with Gasteiger partial charge in [-0.3, -0.25) is 13.7 Å². The third kappa shape index (κ3) is 11.3. The number of allylic oxidation sites excluding steroid dienone is 3. The first kappa shape index (κ1) is 38.1. The van der Waals surface area contributed by atoms with Crippen molar-refractivity contribution < 1.29 is 43.5 Å². The molecule has 41 heavy (non-hydrogen) atoms. The average molecular weight is 648 g/mol. The first-order valence-corrected chi connectivity index (χ1v) is 16.6. The van der Waals surface area contributed by atoms with Crippen molar-refractivity contribution in [1.82, 2.24) is 0 Å². The maximum atomic E-state index is 11.9. The van der Waals surface area contributed by atoms with Gasteiger partial charge < -0.3 is 5.32 Å². The Hall–Kier alpha value is -0.880. The molecule has 2 aromatic carbocycles. The molecule has 1 unspecified atom stereocenters. The summed E-state index contributed by atoms with van der Waals surface area (Å²) in [6, 6.07) is 13.4. The van der Waals surface area contributed by atoms with E-state index < -0.39 is 47.3 Å². The second-order valence-corrected chi connectivity index (χ2v) is 13.8. The Morgan fingerprint density at radius 3 is 2.05 bits per heavy atom. The molecule has 0 saturated carbocycles. The summed E-state index contributed by atoms with van der Waals surface area (Å²) in [5.41, 5.74) is 1.52. The number of hydrogen-bond donors (Lipinski definition) is 4. The number of para-hydroxylation sites is 1. The van der Waals surface area contributed by atoms with Gasteiger partial charge >= 0.3 is 59.1 Å². The van der Waals surface area contributed by atoms with Crippen LogP contribution in [-0.4, -0.2) is 126 Å². The molecule has 2 aromatic rings. The average Bonchev–Trinajstić information content (AvgIpc) is 3.05. The summed E-state index contributed by atoms with van der Waals surface area (Å²) >= 11 is 0. The minimum absolute atomic E-state index is 0. The third-order valence-corrected chi connectivity index (χ3v) is 8.81. The molecule has 0 saturated heterocycles. The molecule has 0 fully saturated rings. The predicted molar refractivity (Wildman–Crippen MR) is 163 cm³/mol. The van der Waals surface area contributed by atoms with Crippen LogP contribution in [0, 0.1) is 0 Å². The van der Waals surface area contributed by atoms with Crippen LogP contribution in [0.25, 0.3) is 0 Å². The SMILES string of the molecule is CC1(CCCS(=O)(=O)O)C(/C=C/C=C/Nc2ccccc2)=[N+](CCCS(=O)(=O)O)c2ccc(S(=O)(=O)O)cc21.[NaH].[NaH]. The fraction of sp³-hybridized carbons (Fsp3) is 0.320. The summed E-state index contributed by atoms with van der Waals surface area (Å²) in [6.07, 6.45) is 7.14. The molecule has 1 aliphatic heterocycles. The van der Waals surface area contributed by atoms with E-state index in [1.165, 1.54) is 18.2 Å². The van der Waals surface area contributed by atoms with E-state index in [4.69, 9.17) is 0 Å². The topological polar surface area (TPSA) is 178 Å². The van der Waals surface area contributed by atoms with Crippen LogP contribution in [0.15, 0.2) is 77.9 Å².